The average Bonchev–Trinajstić information content (AvgIpc) is 3.97. The zero-order valence-electron chi connectivity index (χ0n) is 31.2. The van der Waals surface area contributed by atoms with E-state index in [1.807, 2.05) is 34.8 Å². The molecule has 0 saturated heterocycles. The van der Waals surface area contributed by atoms with E-state index in [2.05, 4.69) is 193 Å². The molecule has 2 nitrogen and oxygen atoms in total. The molecule has 0 amide bonds. The van der Waals surface area contributed by atoms with Crippen LogP contribution in [0.1, 0.15) is 0 Å². The van der Waals surface area contributed by atoms with Crippen LogP contribution in [0, 0.1) is 0 Å². The van der Waals surface area contributed by atoms with Crippen molar-refractivity contribution in [3.63, 3.8) is 0 Å². The topological polar surface area (TPSA) is 16.4 Å². The van der Waals surface area contributed by atoms with Gasteiger partial charge in [-0.1, -0.05) is 109 Å². The van der Waals surface area contributed by atoms with E-state index >= 15 is 0 Å². The minimum atomic E-state index is 0.902. The SMILES string of the molecule is c1cc(-c2ccc3oc4ccccc4c3c2)cc(N(c2ccc(-c3ccc4sc5ccccc5c4c3)cc2)c2cccc(-c3ccc4sc5ccccc5c4c3)c2)c1. The second kappa shape index (κ2) is 13.3. The van der Waals surface area contributed by atoms with Gasteiger partial charge in [0.05, 0.1) is 0 Å². The predicted molar refractivity (Wildman–Crippen MR) is 250 cm³/mol. The number of hydrogen-bond acceptors (Lipinski definition) is 4. The lowest BCUT2D eigenvalue weighted by Crippen LogP contribution is -2.10. The van der Waals surface area contributed by atoms with Crippen LogP contribution in [0.15, 0.2) is 205 Å². The first-order chi connectivity index (χ1) is 28.7. The number of para-hydroxylation sites is 1. The largest absolute Gasteiger partial charge is 0.456 e. The maximum Gasteiger partial charge on any atom is 0.135 e. The van der Waals surface area contributed by atoms with E-state index in [9.17, 15) is 0 Å². The molecular weight excluding hydrogens is 743 g/mol. The van der Waals surface area contributed by atoms with Crippen molar-refractivity contribution in [1.82, 2.24) is 0 Å². The molecule has 0 atom stereocenters. The highest BCUT2D eigenvalue weighted by molar-refractivity contribution is 7.26. The molecular formula is C54H33NOS2. The van der Waals surface area contributed by atoms with Crippen LogP contribution < -0.4 is 4.90 Å². The molecule has 3 heterocycles. The van der Waals surface area contributed by atoms with Gasteiger partial charge in [-0.25, -0.2) is 0 Å². The molecule has 4 heteroatoms. The lowest BCUT2D eigenvalue weighted by atomic mass is 10.00. The molecule has 0 aliphatic carbocycles. The molecule has 272 valence electrons. The summed E-state index contributed by atoms with van der Waals surface area (Å²) in [5, 5.41) is 7.51. The Labute approximate surface area is 343 Å². The lowest BCUT2D eigenvalue weighted by Gasteiger charge is -2.27. The quantitative estimate of drug-likeness (QED) is 0.167. The van der Waals surface area contributed by atoms with Crippen LogP contribution in [0.4, 0.5) is 17.1 Å². The monoisotopic (exact) mass is 775 g/mol. The predicted octanol–water partition coefficient (Wildman–Crippen LogP) is 16.8. The number of fused-ring (bicyclic) bond motifs is 9. The molecule has 12 rings (SSSR count). The fourth-order valence-electron chi connectivity index (χ4n) is 8.62. The van der Waals surface area contributed by atoms with Crippen molar-refractivity contribution in [2.45, 2.75) is 0 Å². The molecule has 0 bridgehead atoms. The van der Waals surface area contributed by atoms with Crippen molar-refractivity contribution >= 4 is 102 Å². The van der Waals surface area contributed by atoms with Crippen LogP contribution >= 0.6 is 22.7 Å². The molecule has 12 aromatic rings. The minimum Gasteiger partial charge on any atom is -0.456 e. The summed E-state index contributed by atoms with van der Waals surface area (Å²) < 4.78 is 11.5. The van der Waals surface area contributed by atoms with Crippen LogP contribution in [0.5, 0.6) is 0 Å². The number of thiophene rings is 2. The Hall–Kier alpha value is -6.98. The van der Waals surface area contributed by atoms with Crippen LogP contribution in [-0.4, -0.2) is 0 Å². The average molecular weight is 776 g/mol. The van der Waals surface area contributed by atoms with Crippen LogP contribution in [0.2, 0.25) is 0 Å². The first-order valence-electron chi connectivity index (χ1n) is 19.6. The van der Waals surface area contributed by atoms with E-state index in [0.717, 1.165) is 50.1 Å². The van der Waals surface area contributed by atoms with Crippen molar-refractivity contribution < 1.29 is 4.42 Å². The maximum atomic E-state index is 6.18. The summed E-state index contributed by atoms with van der Waals surface area (Å²) >= 11 is 3.71. The zero-order valence-corrected chi connectivity index (χ0v) is 32.9. The van der Waals surface area contributed by atoms with Crippen molar-refractivity contribution in [2.75, 3.05) is 4.90 Å². The Kier molecular flexibility index (Phi) is 7.62. The van der Waals surface area contributed by atoms with Crippen molar-refractivity contribution in [3.05, 3.63) is 200 Å². The van der Waals surface area contributed by atoms with Gasteiger partial charge in [0.2, 0.25) is 0 Å². The molecule has 3 aromatic heterocycles. The van der Waals surface area contributed by atoms with Gasteiger partial charge in [0.15, 0.2) is 0 Å². The fraction of sp³-hybridized carbons (Fsp3) is 0. The molecule has 0 unspecified atom stereocenters. The Morgan fingerprint density at radius 2 is 0.724 bits per heavy atom. The number of benzene rings is 9. The third kappa shape index (κ3) is 5.53. The summed E-state index contributed by atoms with van der Waals surface area (Å²) in [5.41, 5.74) is 12.2. The van der Waals surface area contributed by atoms with Gasteiger partial charge in [-0.3, -0.25) is 0 Å². The van der Waals surface area contributed by atoms with E-state index in [4.69, 9.17) is 4.42 Å². The van der Waals surface area contributed by atoms with E-state index in [0.29, 0.717) is 0 Å². The smallest absolute Gasteiger partial charge is 0.135 e. The van der Waals surface area contributed by atoms with Crippen molar-refractivity contribution in [2.24, 2.45) is 0 Å². The molecule has 58 heavy (non-hydrogen) atoms. The third-order valence-electron chi connectivity index (χ3n) is 11.5. The Morgan fingerprint density at radius 1 is 0.276 bits per heavy atom. The second-order valence-corrected chi connectivity index (χ2v) is 17.1. The van der Waals surface area contributed by atoms with Gasteiger partial charge >= 0.3 is 0 Å². The first-order valence-corrected chi connectivity index (χ1v) is 21.2. The van der Waals surface area contributed by atoms with E-state index in [1.165, 1.54) is 62.6 Å². The Morgan fingerprint density at radius 3 is 1.34 bits per heavy atom. The van der Waals surface area contributed by atoms with Gasteiger partial charge in [0.25, 0.3) is 0 Å². The summed E-state index contributed by atoms with van der Waals surface area (Å²) in [5.74, 6) is 0. The lowest BCUT2D eigenvalue weighted by molar-refractivity contribution is 0.669. The maximum absolute atomic E-state index is 6.18. The van der Waals surface area contributed by atoms with Crippen molar-refractivity contribution in [1.29, 1.82) is 0 Å². The van der Waals surface area contributed by atoms with Crippen molar-refractivity contribution in [3.8, 4) is 33.4 Å². The van der Waals surface area contributed by atoms with Gasteiger partial charge in [-0.05, 0) is 124 Å². The number of rotatable bonds is 6. The first kappa shape index (κ1) is 33.2. The van der Waals surface area contributed by atoms with Gasteiger partial charge in [0.1, 0.15) is 11.2 Å². The molecule has 9 aromatic carbocycles. The Balaban J connectivity index is 0.978. The van der Waals surface area contributed by atoms with Gasteiger partial charge < -0.3 is 9.32 Å². The molecule has 0 radical (unpaired) electrons. The molecule has 0 saturated carbocycles. The van der Waals surface area contributed by atoms with Crippen LogP contribution in [-0.2, 0) is 0 Å². The summed E-state index contributed by atoms with van der Waals surface area (Å²) in [7, 11) is 0. The Bertz CT molecular complexity index is 3380. The van der Waals surface area contributed by atoms with E-state index in [1.54, 1.807) is 0 Å². The number of furan rings is 1. The standard InChI is InChI=1S/C54H33NOS2/c1-4-16-49-43(13-1)46-31-38(21-26-50(46)56-49)35-9-7-11-41(29-35)55(40-24-19-34(20-25-40)37-22-27-53-47(32-37)44-14-2-5-17-51(44)57-53)42-12-8-10-36(30-42)39-23-28-54-48(33-39)45-15-3-6-18-52(45)58-54/h1-33H. The van der Waals surface area contributed by atoms with Gasteiger partial charge in [-0.2, -0.15) is 0 Å². The summed E-state index contributed by atoms with van der Waals surface area (Å²) in [6.07, 6.45) is 0. The zero-order chi connectivity index (χ0) is 38.2. The fourth-order valence-corrected chi connectivity index (χ4v) is 10.8. The van der Waals surface area contributed by atoms with Crippen LogP contribution in [0.3, 0.4) is 0 Å². The van der Waals surface area contributed by atoms with Crippen LogP contribution in [0.25, 0.3) is 95.7 Å². The second-order valence-electron chi connectivity index (χ2n) is 14.9. The molecule has 0 aliphatic heterocycles. The summed E-state index contributed by atoms with van der Waals surface area (Å²) in [4.78, 5) is 2.39. The third-order valence-corrected chi connectivity index (χ3v) is 13.8. The molecule has 0 aliphatic rings. The normalized spacial score (nSPS) is 11.8. The highest BCUT2D eigenvalue weighted by Crippen LogP contribution is 2.42. The van der Waals surface area contributed by atoms with E-state index in [-0.39, 0.29) is 0 Å². The molecule has 0 N–H and O–H groups in total. The van der Waals surface area contributed by atoms with Gasteiger partial charge in [0, 0.05) is 68.2 Å². The highest BCUT2D eigenvalue weighted by atomic mass is 32.1. The molecule has 0 spiro atoms. The summed E-state index contributed by atoms with van der Waals surface area (Å²) in [6.45, 7) is 0. The highest BCUT2D eigenvalue weighted by Gasteiger charge is 2.17. The van der Waals surface area contributed by atoms with Gasteiger partial charge in [-0.15, -0.1) is 22.7 Å². The number of hydrogen-bond donors (Lipinski definition) is 0. The summed E-state index contributed by atoms with van der Waals surface area (Å²) in [6, 6.07) is 72.9. The number of nitrogens with zero attached hydrogens (tertiary/aromatic N) is 1. The molecule has 0 fully saturated rings. The minimum absolute atomic E-state index is 0.902. The number of anilines is 3. The van der Waals surface area contributed by atoms with E-state index < -0.39 is 0 Å².